The summed E-state index contributed by atoms with van der Waals surface area (Å²) >= 11 is 7.43. The van der Waals surface area contributed by atoms with Crippen LogP contribution in [-0.4, -0.2) is 21.6 Å². The van der Waals surface area contributed by atoms with Crippen LogP contribution < -0.4 is 10.9 Å². The molecule has 0 amide bonds. The van der Waals surface area contributed by atoms with Gasteiger partial charge < -0.3 is 5.32 Å². The summed E-state index contributed by atoms with van der Waals surface area (Å²) in [4.78, 5) is 23.3. The Morgan fingerprint density at radius 3 is 2.67 bits per heavy atom. The second kappa shape index (κ2) is 7.65. The molecular formula is C23H17ClN4OS. The molecule has 3 aromatic heterocycles. The summed E-state index contributed by atoms with van der Waals surface area (Å²) < 4.78 is 2.22. The summed E-state index contributed by atoms with van der Waals surface area (Å²) in [6.07, 6.45) is 1.59. The fourth-order valence-electron chi connectivity index (χ4n) is 3.44. The number of thiophene rings is 1. The molecule has 0 aliphatic heterocycles. The second-order valence-corrected chi connectivity index (χ2v) is 8.45. The first-order valence-electron chi connectivity index (χ1n) is 9.44. The van der Waals surface area contributed by atoms with Crippen LogP contribution >= 0.6 is 22.9 Å². The largest absolute Gasteiger partial charge is 0.314 e. The van der Waals surface area contributed by atoms with Gasteiger partial charge in [-0.2, -0.15) is 0 Å². The number of nitrogens with zero attached hydrogens (tertiary/aromatic N) is 3. The molecule has 5 rings (SSSR count). The number of rotatable bonds is 4. The average Bonchev–Trinajstić information content (AvgIpc) is 3.20. The van der Waals surface area contributed by atoms with Crippen LogP contribution in [0.1, 0.15) is 5.69 Å². The highest BCUT2D eigenvalue weighted by Crippen LogP contribution is 2.31. The van der Waals surface area contributed by atoms with Gasteiger partial charge in [-0.1, -0.05) is 29.8 Å². The van der Waals surface area contributed by atoms with Crippen LogP contribution in [0.2, 0.25) is 5.02 Å². The number of fused-ring (bicyclic) bond motifs is 2. The number of halogens is 1. The molecule has 0 atom stereocenters. The summed E-state index contributed by atoms with van der Waals surface area (Å²) in [7, 11) is 1.90. The van der Waals surface area contributed by atoms with E-state index in [9.17, 15) is 4.79 Å². The van der Waals surface area contributed by atoms with Crippen molar-refractivity contribution in [2.45, 2.75) is 6.54 Å². The first-order chi connectivity index (χ1) is 14.6. The van der Waals surface area contributed by atoms with Crippen LogP contribution in [0.4, 0.5) is 0 Å². The molecule has 2 aromatic carbocycles. The third-order valence-corrected chi connectivity index (χ3v) is 6.35. The van der Waals surface area contributed by atoms with Gasteiger partial charge in [-0.25, -0.2) is 4.98 Å². The third kappa shape index (κ3) is 3.39. The first kappa shape index (κ1) is 18.9. The molecule has 5 aromatic rings. The zero-order valence-electron chi connectivity index (χ0n) is 16.1. The summed E-state index contributed by atoms with van der Waals surface area (Å²) in [5.41, 5.74) is 4.28. The van der Waals surface area contributed by atoms with Crippen molar-refractivity contribution in [3.63, 3.8) is 0 Å². The van der Waals surface area contributed by atoms with Crippen LogP contribution in [0.15, 0.2) is 71.8 Å². The van der Waals surface area contributed by atoms with Crippen LogP contribution in [-0.2, 0) is 6.54 Å². The number of nitrogens with one attached hydrogen (secondary N) is 1. The van der Waals surface area contributed by atoms with Gasteiger partial charge in [0.25, 0.3) is 5.56 Å². The predicted molar refractivity (Wildman–Crippen MR) is 124 cm³/mol. The molecule has 3 heterocycles. The maximum atomic E-state index is 13.2. The van der Waals surface area contributed by atoms with Crippen LogP contribution in [0.25, 0.3) is 37.2 Å². The lowest BCUT2D eigenvalue weighted by atomic mass is 10.1. The SMILES string of the molecule is CNCc1ccc2cc(-n3cnc4cc(-c5ccc(Cl)cc5)sc4c3=O)ccc2n1. The predicted octanol–water partition coefficient (Wildman–Crippen LogP) is 5.04. The molecule has 30 heavy (non-hydrogen) atoms. The standard InChI is InChI=1S/C23H17ClN4OS/c1-25-12-17-7-4-15-10-18(8-9-19(15)27-17)28-13-26-20-11-21(30-22(20)23(28)29)14-2-5-16(24)6-3-14/h2-11,13,25H,12H2,1H3. The monoisotopic (exact) mass is 432 g/mol. The topological polar surface area (TPSA) is 59.8 Å². The lowest BCUT2D eigenvalue weighted by molar-refractivity contribution is 0.795. The number of hydrogen-bond donors (Lipinski definition) is 1. The third-order valence-electron chi connectivity index (χ3n) is 4.93. The maximum Gasteiger partial charge on any atom is 0.275 e. The average molecular weight is 433 g/mol. The molecule has 0 aliphatic carbocycles. The van der Waals surface area contributed by atoms with Gasteiger partial charge >= 0.3 is 0 Å². The highest BCUT2D eigenvalue weighted by Gasteiger charge is 2.12. The highest BCUT2D eigenvalue weighted by atomic mass is 35.5. The summed E-state index contributed by atoms with van der Waals surface area (Å²) in [5.74, 6) is 0. The normalized spacial score (nSPS) is 11.4. The van der Waals surface area contributed by atoms with E-state index in [0.29, 0.717) is 21.8 Å². The lowest BCUT2D eigenvalue weighted by Crippen LogP contribution is -2.17. The van der Waals surface area contributed by atoms with Crippen LogP contribution in [0.5, 0.6) is 0 Å². The quantitative estimate of drug-likeness (QED) is 0.432. The number of aromatic nitrogens is 3. The highest BCUT2D eigenvalue weighted by molar-refractivity contribution is 7.22. The van der Waals surface area contributed by atoms with E-state index in [-0.39, 0.29) is 5.56 Å². The Balaban J connectivity index is 1.58. The summed E-state index contributed by atoms with van der Waals surface area (Å²) in [5, 5.41) is 4.77. The van der Waals surface area contributed by atoms with Crippen molar-refractivity contribution in [1.29, 1.82) is 0 Å². The smallest absolute Gasteiger partial charge is 0.275 e. The Bertz CT molecular complexity index is 1440. The van der Waals surface area contributed by atoms with Crippen molar-refractivity contribution in [2.75, 3.05) is 7.05 Å². The molecular weight excluding hydrogens is 416 g/mol. The van der Waals surface area contributed by atoms with Crippen molar-refractivity contribution >= 4 is 44.1 Å². The Morgan fingerprint density at radius 2 is 1.87 bits per heavy atom. The minimum atomic E-state index is -0.0793. The maximum absolute atomic E-state index is 13.2. The Hall–Kier alpha value is -3.06. The fraction of sp³-hybridized carbons (Fsp3) is 0.0870. The van der Waals surface area contributed by atoms with Gasteiger partial charge in [-0.05, 0) is 55.1 Å². The minimum absolute atomic E-state index is 0.0793. The van der Waals surface area contributed by atoms with E-state index in [0.717, 1.165) is 32.7 Å². The Kier molecular flexibility index (Phi) is 4.83. The van der Waals surface area contributed by atoms with Gasteiger partial charge in [0.05, 0.1) is 22.4 Å². The molecule has 5 nitrogen and oxygen atoms in total. The molecule has 0 aliphatic rings. The van der Waals surface area contributed by atoms with E-state index in [1.54, 1.807) is 10.9 Å². The molecule has 0 fully saturated rings. The van der Waals surface area contributed by atoms with Crippen molar-refractivity contribution < 1.29 is 0 Å². The number of hydrogen-bond acceptors (Lipinski definition) is 5. The molecule has 0 unspecified atom stereocenters. The van der Waals surface area contributed by atoms with Crippen LogP contribution in [0.3, 0.4) is 0 Å². The second-order valence-electron chi connectivity index (χ2n) is 6.96. The molecule has 0 saturated carbocycles. The molecule has 7 heteroatoms. The van der Waals surface area contributed by atoms with E-state index in [1.807, 2.05) is 67.7 Å². The zero-order valence-corrected chi connectivity index (χ0v) is 17.7. The van der Waals surface area contributed by atoms with Gasteiger partial charge in [-0.15, -0.1) is 11.3 Å². The van der Waals surface area contributed by atoms with Gasteiger partial charge in [-0.3, -0.25) is 14.3 Å². The van der Waals surface area contributed by atoms with E-state index in [1.165, 1.54) is 11.3 Å². The van der Waals surface area contributed by atoms with Gasteiger partial charge in [0.15, 0.2) is 0 Å². The van der Waals surface area contributed by atoms with E-state index in [4.69, 9.17) is 11.6 Å². The van der Waals surface area contributed by atoms with Gasteiger partial charge in [0, 0.05) is 21.8 Å². The molecule has 0 radical (unpaired) electrons. The zero-order chi connectivity index (χ0) is 20.7. The summed E-state index contributed by atoms with van der Waals surface area (Å²) in [6.45, 7) is 0.714. The van der Waals surface area contributed by atoms with Crippen LogP contribution in [0, 0.1) is 0 Å². The molecule has 0 saturated heterocycles. The minimum Gasteiger partial charge on any atom is -0.314 e. The fourth-order valence-corrected chi connectivity index (χ4v) is 4.61. The Morgan fingerprint density at radius 1 is 1.03 bits per heavy atom. The lowest BCUT2D eigenvalue weighted by Gasteiger charge is -2.07. The molecule has 1 N–H and O–H groups in total. The van der Waals surface area contributed by atoms with Gasteiger partial charge in [0.1, 0.15) is 11.0 Å². The van der Waals surface area contributed by atoms with Gasteiger partial charge in [0.2, 0.25) is 0 Å². The number of benzene rings is 2. The van der Waals surface area contributed by atoms with Crippen molar-refractivity contribution in [3.8, 4) is 16.1 Å². The van der Waals surface area contributed by atoms with Crippen molar-refractivity contribution in [1.82, 2.24) is 19.9 Å². The summed E-state index contributed by atoms with van der Waals surface area (Å²) in [6, 6.07) is 19.4. The van der Waals surface area contributed by atoms with E-state index in [2.05, 4.69) is 15.3 Å². The molecule has 148 valence electrons. The molecule has 0 spiro atoms. The Labute approximate surface area is 181 Å². The van der Waals surface area contributed by atoms with E-state index >= 15 is 0 Å². The van der Waals surface area contributed by atoms with Crippen molar-refractivity contribution in [3.05, 3.63) is 88.1 Å². The first-order valence-corrected chi connectivity index (χ1v) is 10.6. The molecule has 0 bridgehead atoms. The number of pyridine rings is 1. The van der Waals surface area contributed by atoms with E-state index < -0.39 is 0 Å². The van der Waals surface area contributed by atoms with Crippen molar-refractivity contribution in [2.24, 2.45) is 0 Å².